The fourth-order valence-corrected chi connectivity index (χ4v) is 28.7. The first kappa shape index (κ1) is 121. The first-order valence-electron chi connectivity index (χ1n) is 43.6. The van der Waals surface area contributed by atoms with E-state index in [4.69, 9.17) is 35.0 Å². The van der Waals surface area contributed by atoms with Gasteiger partial charge in [0.05, 0.1) is 10.9 Å². The van der Waals surface area contributed by atoms with E-state index in [0.29, 0.717) is 92.9 Å². The van der Waals surface area contributed by atoms with E-state index in [0.717, 1.165) is 152 Å². The van der Waals surface area contributed by atoms with E-state index in [-0.39, 0.29) is 93.4 Å². The number of para-hydroxylation sites is 1. The topological polar surface area (TPSA) is 453 Å². The Bertz CT molecular complexity index is 5960. The van der Waals surface area contributed by atoms with Crippen LogP contribution in [-0.2, 0) is 106 Å². The van der Waals surface area contributed by atoms with Crippen LogP contribution in [0.2, 0.25) is 0 Å². The number of hydrogen-bond acceptors (Lipinski definition) is 22. The Labute approximate surface area is 804 Å². The van der Waals surface area contributed by atoms with Crippen molar-refractivity contribution in [2.45, 2.75) is 308 Å². The van der Waals surface area contributed by atoms with E-state index in [2.05, 4.69) is 8.92 Å². The van der Waals surface area contributed by atoms with E-state index >= 15 is 0 Å². The number of carbonyl (C=O) groups excluding carboxylic acids is 1. The third-order valence-electron chi connectivity index (χ3n) is 28.0. The van der Waals surface area contributed by atoms with Gasteiger partial charge in [-0.3, -0.25) is 23.0 Å². The van der Waals surface area contributed by atoms with Gasteiger partial charge in [0.1, 0.15) is 5.75 Å². The highest BCUT2D eigenvalue weighted by atomic mass is 32.2. The highest BCUT2D eigenvalue weighted by Crippen LogP contribution is 2.63. The Balaban J connectivity index is 0.000000201. The summed E-state index contributed by atoms with van der Waals surface area (Å²) >= 11 is -4.10. The summed E-state index contributed by atoms with van der Waals surface area (Å²) < 4.78 is 622. The van der Waals surface area contributed by atoms with Gasteiger partial charge in [-0.2, -0.15) is 165 Å². The number of halogens is 28. The lowest BCUT2D eigenvalue weighted by atomic mass is 9.49. The van der Waals surface area contributed by atoms with E-state index in [1.54, 1.807) is 12.1 Å². The summed E-state index contributed by atoms with van der Waals surface area (Å²) in [6.07, 6.45) is 6.34. The van der Waals surface area contributed by atoms with Crippen LogP contribution in [-0.4, -0.2) is 212 Å². The summed E-state index contributed by atoms with van der Waals surface area (Å²) in [5.41, 5.74) is -1.33. The van der Waals surface area contributed by atoms with Crippen molar-refractivity contribution in [1.29, 1.82) is 0 Å². The molecule has 29 nitrogen and oxygen atoms in total. The minimum absolute atomic E-state index is 0.00623. The van der Waals surface area contributed by atoms with E-state index in [1.807, 2.05) is 0 Å². The molecule has 5 N–H and O–H groups in total. The zero-order valence-corrected chi connectivity index (χ0v) is 81.1. The third kappa shape index (κ3) is 23.9. The number of nitrogens with one attached hydrogen (secondary N) is 1. The Morgan fingerprint density at radius 3 is 1.23 bits per heavy atom. The maximum absolute atomic E-state index is 14.9. The first-order valence-corrected chi connectivity index (χ1v) is 55.8. The molecule has 0 radical (unpaired) electrons. The number of piperidine rings is 1. The molecular formula is C77H95F28N3O26S9. The molecule has 0 amide bonds. The lowest BCUT2D eigenvalue weighted by Gasteiger charge is -2.56. The molecule has 4 unspecified atom stereocenters. The van der Waals surface area contributed by atoms with Crippen molar-refractivity contribution in [2.75, 3.05) is 19.7 Å². The fourth-order valence-electron chi connectivity index (χ4n) is 21.7. The number of sulfonamides is 2. The van der Waals surface area contributed by atoms with Crippen molar-refractivity contribution >= 4 is 109 Å². The first-order chi connectivity index (χ1) is 64.8. The molecule has 1 saturated heterocycles. The van der Waals surface area contributed by atoms with Crippen LogP contribution in [0.25, 0.3) is 10.9 Å². The summed E-state index contributed by atoms with van der Waals surface area (Å²) in [6, 6.07) is 9.10. The number of aromatic nitrogens is 1. The van der Waals surface area contributed by atoms with Crippen LogP contribution in [0.3, 0.4) is 0 Å². The molecule has 12 aliphatic carbocycles. The zero-order chi connectivity index (χ0) is 109. The molecule has 824 valence electrons. The lowest BCUT2D eigenvalue weighted by molar-refractivity contribution is -0.351. The number of ether oxygens (including phenoxy) is 1. The van der Waals surface area contributed by atoms with Crippen LogP contribution in [0.15, 0.2) is 48.7 Å². The Morgan fingerprint density at radius 1 is 0.455 bits per heavy atom. The van der Waals surface area contributed by atoms with Gasteiger partial charge in [-0.15, -0.1) is 12.6 Å². The Morgan fingerprint density at radius 2 is 0.839 bits per heavy atom. The van der Waals surface area contributed by atoms with E-state index in [9.17, 15) is 191 Å². The molecular weight excluding hydrogens is 2200 g/mol. The number of carbonyl (C=O) groups is 1. The maximum atomic E-state index is 14.9. The van der Waals surface area contributed by atoms with Gasteiger partial charge in [-0.25, -0.2) is 38.7 Å². The van der Waals surface area contributed by atoms with Crippen molar-refractivity contribution in [3.63, 3.8) is 0 Å². The van der Waals surface area contributed by atoms with E-state index in [1.165, 1.54) is 16.9 Å². The van der Waals surface area contributed by atoms with Gasteiger partial charge >= 0.3 is 157 Å². The highest BCUT2D eigenvalue weighted by Gasteiger charge is 2.85. The quantitative estimate of drug-likeness (QED) is 0.0142. The second kappa shape index (κ2) is 42.6. The molecule has 1 aromatic heterocycles. The predicted molar refractivity (Wildman–Crippen MR) is 441 cm³/mol. The molecule has 143 heavy (non-hydrogen) atoms. The minimum atomic E-state index is -7.05. The molecule has 12 saturated carbocycles. The average molecular weight is 2300 g/mol. The molecule has 0 spiro atoms. The largest absolute Gasteiger partial charge is 0.460 e. The van der Waals surface area contributed by atoms with Gasteiger partial charge < -0.3 is 8.92 Å². The minimum Gasteiger partial charge on any atom is -0.460 e. The van der Waals surface area contributed by atoms with Crippen molar-refractivity contribution in [3.05, 3.63) is 65.4 Å². The molecule has 1 aliphatic heterocycles. The fraction of sp³-hybridized carbons (Fsp3) is 0.805. The molecule has 8 bridgehead atoms. The van der Waals surface area contributed by atoms with Crippen LogP contribution in [0.5, 0.6) is 5.75 Å². The molecule has 3 aromatic rings. The highest BCUT2D eigenvalue weighted by molar-refractivity contribution is 7.92. The molecule has 66 heteroatoms. The van der Waals surface area contributed by atoms with Gasteiger partial charge in [0.2, 0.25) is 0 Å². The second-order valence-electron chi connectivity index (χ2n) is 37.7. The number of fused-ring (bicyclic) bond motifs is 2. The lowest BCUT2D eigenvalue weighted by Crippen LogP contribution is -2.67. The van der Waals surface area contributed by atoms with Crippen LogP contribution in [0.4, 0.5) is 123 Å². The summed E-state index contributed by atoms with van der Waals surface area (Å²) in [5.74, 6) is -27.4. The zero-order valence-electron chi connectivity index (χ0n) is 73.7. The monoisotopic (exact) mass is 2300 g/mol. The summed E-state index contributed by atoms with van der Waals surface area (Å²) in [7, 11) is -48.9. The van der Waals surface area contributed by atoms with Gasteiger partial charge in [0.15, 0.2) is 6.61 Å². The van der Waals surface area contributed by atoms with Crippen molar-refractivity contribution in [1.82, 2.24) is 13.0 Å². The number of alkyl halides is 28. The molecule has 4 atom stereocenters. The molecule has 16 rings (SSSR count). The van der Waals surface area contributed by atoms with Crippen LogP contribution in [0, 0.1) is 52.8 Å². The molecule has 13 fully saturated rings. The third-order valence-corrected chi connectivity index (χ3v) is 37.9. The molecule has 13 aliphatic rings. The molecule has 2 aromatic carbocycles. The summed E-state index contributed by atoms with van der Waals surface area (Å²) in [4.78, 5) is 12.4. The summed E-state index contributed by atoms with van der Waals surface area (Å²) in [6.45, 7) is -2.73. The molecule has 2 heterocycles. The van der Waals surface area contributed by atoms with Gasteiger partial charge in [0.25, 0.3) is 20.0 Å². The maximum Gasteiger partial charge on any atom is 0.452 e. The van der Waals surface area contributed by atoms with Crippen molar-refractivity contribution < 1.29 is 235 Å². The smallest absolute Gasteiger partial charge is 0.452 e. The predicted octanol–water partition coefficient (Wildman–Crippen LogP) is 18.8. The average Bonchev–Trinajstić information content (AvgIpc) is 1.70. The number of nitrogens with zero attached hydrogens (tertiary/aromatic N) is 2. The Kier molecular flexibility index (Phi) is 36.0. The number of hydrogen-bond donors (Lipinski definition) is 5. The van der Waals surface area contributed by atoms with Crippen LogP contribution in [0.1, 0.15) is 240 Å². The van der Waals surface area contributed by atoms with Crippen molar-refractivity contribution in [3.8, 4) is 5.75 Å². The summed E-state index contributed by atoms with van der Waals surface area (Å²) in [5, 5.41) is -43.9. The van der Waals surface area contributed by atoms with Crippen LogP contribution >= 0.6 is 0 Å². The normalized spacial score (nSPS) is 26.4. The van der Waals surface area contributed by atoms with E-state index < -0.39 is 206 Å². The van der Waals surface area contributed by atoms with Gasteiger partial charge in [-0.05, 0) is 222 Å². The Hall–Kier alpha value is -5.57. The van der Waals surface area contributed by atoms with Gasteiger partial charge in [-0.1, -0.05) is 107 Å². The van der Waals surface area contributed by atoms with Crippen molar-refractivity contribution in [2.24, 2.45) is 52.8 Å². The van der Waals surface area contributed by atoms with Crippen LogP contribution < -0.4 is 8.91 Å². The van der Waals surface area contributed by atoms with Gasteiger partial charge in [0, 0.05) is 30.2 Å². The second-order valence-corrected chi connectivity index (χ2v) is 50.4. The number of esters is 1. The standard InChI is InChI=1S/C27H36F6O6S2.C14H18F4O5S.C13H17F6NO5S2.C12H17F6NO2S.C11H7F6NO5S2.O3S/c28-25(29,26(30,31)39-40(34)35)27(32,33)41(36,37)38-24-22(19-12-6-2-7-13-19)16-21(18-10-4-1-5-11-18)17-23(24)20-14-8-3-9-15-20;15-13(14(16,17)18,24(20,21)22)7-23-11(19)12-4-8-1-9(5-12)3-10(2-8)6-12;14-11(15,13(18,19)27(23,24)25)12(16,17)26(21,22)20-10-4-7-1-8(5-10)3-9(2-7)6-10;13-10(14)11(15,16)12(17,18)22(20,21)19-6-5-8-3-1-2-4-9(8)7-19;12-9(13,11(16,17)25(21,22)23)10(14,15)24(19,20)18-6-5-7-3-1-2-4-8(7)18;1-4(2)3/h16-20H,1-15H2,(H,34,35);8-10H,1-7H2,(H,20,21,22);7-9,20H,1-6H2,(H,23,24,25);8-10H,1-7H2;1-6H,(H,21,22,23);. The number of rotatable bonds is 29. The SMILES string of the molecule is O=C(OCC(F)(C(F)(F)F)S(=O)(=O)O)C12CC3CC(CC(C3)C1)C2.O=S(=O)(N1CCC2CCCCC2C1)C(F)(F)C(F)(F)C(F)F.O=S(=O)(O)C(F)(F)C(F)(F)C(F)(F)S(=O)(=O)NC12CC3CC(CC(C3)C1)C2.O=S(=O)(O)C(F)(F)C(F)(F)C(F)(F)S(=O)(=O)n1ccc2ccccc21.O=S(=O)=O.O=S(O)OC(F)(F)C(F)(F)C(F)(F)S(=O)(=O)Oc1c(C2CCCCC2)cc(C2CCCCC2)cc1C1CCCCC1. The number of benzene rings is 2.